The maximum Gasteiger partial charge on any atom is 0.0594 e. The number of halogens is 1. The summed E-state index contributed by atoms with van der Waals surface area (Å²) in [4.78, 5) is 0. The first-order chi connectivity index (χ1) is 16.6. The van der Waals surface area contributed by atoms with Crippen LogP contribution in [0.25, 0.3) is 0 Å². The Labute approximate surface area is 223 Å². The van der Waals surface area contributed by atoms with Gasteiger partial charge in [-0.3, -0.25) is 0 Å². The van der Waals surface area contributed by atoms with E-state index in [0.717, 1.165) is 0 Å². The van der Waals surface area contributed by atoms with E-state index in [1.54, 1.807) is 49.3 Å². The number of hydrogen-bond donors (Lipinski definition) is 0. The second-order valence-electron chi connectivity index (χ2n) is 10.7. The third kappa shape index (κ3) is 23.8. The van der Waals surface area contributed by atoms with Crippen LogP contribution in [0, 0.1) is 10.2 Å². The summed E-state index contributed by atoms with van der Waals surface area (Å²) in [6, 6.07) is 0. The van der Waals surface area contributed by atoms with E-state index in [4.69, 9.17) is 18.6 Å². The second kappa shape index (κ2) is 24.1. The Morgan fingerprint density at radius 1 is 0.343 bits per heavy atom. The predicted octanol–water partition coefficient (Wildman–Crippen LogP) is 5.85. The standard InChI is InChI=1S/C28H62P2.ClHO4/c1-7-21-29(22-8-2,23-9-3)27-19-17-15-13-14-16-18-20-28-30(24-10-4,25-11-5)26-12-6;2-1(3,4)5/h7-28H2,1-6H3;(H,2,3,4,5)/q+2;/p-1. The minimum atomic E-state index is -4.94. The predicted molar refractivity (Wildman–Crippen MR) is 151 cm³/mol. The summed E-state index contributed by atoms with van der Waals surface area (Å²) in [6.45, 7) is 14.5. The smallest absolute Gasteiger partial charge is 0.0594 e. The molecule has 214 valence electrons. The minimum Gasteiger partial charge on any atom is -0.222 e. The van der Waals surface area contributed by atoms with Crippen molar-refractivity contribution < 1.29 is 28.9 Å². The van der Waals surface area contributed by atoms with Crippen molar-refractivity contribution in [2.45, 2.75) is 131 Å². The van der Waals surface area contributed by atoms with E-state index in [2.05, 4.69) is 41.5 Å². The van der Waals surface area contributed by atoms with Crippen molar-refractivity contribution >= 4 is 14.5 Å². The first-order valence-corrected chi connectivity index (χ1v) is 21.2. The Hall–Kier alpha value is 0.990. The van der Waals surface area contributed by atoms with Crippen LogP contribution in [-0.4, -0.2) is 49.3 Å². The van der Waals surface area contributed by atoms with Gasteiger partial charge in [0.1, 0.15) is 0 Å². The van der Waals surface area contributed by atoms with Crippen molar-refractivity contribution in [1.29, 1.82) is 0 Å². The fraction of sp³-hybridized carbons (Fsp3) is 1.00. The summed E-state index contributed by atoms with van der Waals surface area (Å²) >= 11 is 0. The highest BCUT2D eigenvalue weighted by molar-refractivity contribution is 7.76. The van der Waals surface area contributed by atoms with Crippen LogP contribution in [0.3, 0.4) is 0 Å². The molecule has 0 amide bonds. The van der Waals surface area contributed by atoms with Gasteiger partial charge in [0.25, 0.3) is 0 Å². The summed E-state index contributed by atoms with van der Waals surface area (Å²) in [5, 5.41) is 0. The van der Waals surface area contributed by atoms with E-state index < -0.39 is 24.8 Å². The molecule has 0 fully saturated rings. The molecule has 0 bridgehead atoms. The van der Waals surface area contributed by atoms with Gasteiger partial charge in [0.15, 0.2) is 0 Å². The van der Waals surface area contributed by atoms with Crippen LogP contribution in [0.15, 0.2) is 0 Å². The number of hydrogen-bond acceptors (Lipinski definition) is 4. The molecule has 0 aliphatic rings. The molecule has 0 saturated carbocycles. The average Bonchev–Trinajstić information content (AvgIpc) is 2.75. The van der Waals surface area contributed by atoms with Crippen LogP contribution in [0.4, 0.5) is 0 Å². The third-order valence-corrected chi connectivity index (χ3v) is 18.1. The maximum atomic E-state index is 8.49. The molecule has 0 aliphatic heterocycles. The Balaban J connectivity index is 0. The second-order valence-corrected chi connectivity index (χ2v) is 20.4. The summed E-state index contributed by atoms with van der Waals surface area (Å²) in [5.41, 5.74) is 0. The summed E-state index contributed by atoms with van der Waals surface area (Å²) in [6.07, 6.45) is 33.3. The lowest BCUT2D eigenvalue weighted by Crippen LogP contribution is -2.68. The molecule has 0 unspecified atom stereocenters. The largest absolute Gasteiger partial charge is 0.222 e. The zero-order valence-electron chi connectivity index (χ0n) is 24.5. The molecule has 0 radical (unpaired) electrons. The van der Waals surface area contributed by atoms with Crippen molar-refractivity contribution in [3.63, 3.8) is 0 Å². The molecule has 0 atom stereocenters. The van der Waals surface area contributed by atoms with E-state index in [1.165, 1.54) is 89.9 Å². The highest BCUT2D eigenvalue weighted by atomic mass is 35.7. The van der Waals surface area contributed by atoms with Crippen LogP contribution in [0.1, 0.15) is 131 Å². The number of rotatable bonds is 23. The molecule has 0 rings (SSSR count). The fourth-order valence-electron chi connectivity index (χ4n) is 6.14. The van der Waals surface area contributed by atoms with Crippen molar-refractivity contribution in [2.24, 2.45) is 0 Å². The SMILES string of the molecule is CCC[P+](CCC)(CCC)CCCCCCCCCC[P+](CCC)(CCC)CCC.[O-][Cl+3]([O-])([O-])[O-]. The Morgan fingerprint density at radius 2 is 0.514 bits per heavy atom. The molecule has 0 heterocycles. The minimum absolute atomic E-state index is 0.597. The highest BCUT2D eigenvalue weighted by Crippen LogP contribution is 2.61. The van der Waals surface area contributed by atoms with Crippen LogP contribution >= 0.6 is 14.5 Å². The van der Waals surface area contributed by atoms with Crippen LogP contribution in [-0.2, 0) is 0 Å². The molecule has 0 aliphatic carbocycles. The number of unbranched alkanes of at least 4 members (excludes halogenated alkanes) is 7. The van der Waals surface area contributed by atoms with E-state index in [0.29, 0.717) is 0 Å². The molecule has 7 heteroatoms. The molecule has 35 heavy (non-hydrogen) atoms. The van der Waals surface area contributed by atoms with Crippen molar-refractivity contribution in [2.75, 3.05) is 49.3 Å². The Kier molecular flexibility index (Phi) is 26.2. The molecule has 4 nitrogen and oxygen atoms in total. The van der Waals surface area contributed by atoms with Crippen molar-refractivity contribution in [1.82, 2.24) is 0 Å². The molecule has 0 N–H and O–H groups in total. The molecule has 0 aromatic carbocycles. The topological polar surface area (TPSA) is 92.2 Å². The van der Waals surface area contributed by atoms with Gasteiger partial charge in [-0.25, -0.2) is 18.6 Å². The van der Waals surface area contributed by atoms with Crippen LogP contribution in [0.5, 0.6) is 0 Å². The van der Waals surface area contributed by atoms with Gasteiger partial charge in [0.2, 0.25) is 0 Å². The Morgan fingerprint density at radius 3 is 0.686 bits per heavy atom. The maximum absolute atomic E-state index is 8.49. The van der Waals surface area contributed by atoms with Gasteiger partial charge >= 0.3 is 0 Å². The van der Waals surface area contributed by atoms with E-state index in [-0.39, 0.29) is 0 Å². The van der Waals surface area contributed by atoms with Gasteiger partial charge in [-0.2, -0.15) is 0 Å². The first kappa shape index (κ1) is 38.1. The molecule has 0 spiro atoms. The van der Waals surface area contributed by atoms with Crippen molar-refractivity contribution in [3.05, 3.63) is 0 Å². The lowest BCUT2D eigenvalue weighted by molar-refractivity contribution is -2.00. The molecular weight excluding hydrogens is 498 g/mol. The quantitative estimate of drug-likeness (QED) is 0.116. The zero-order valence-corrected chi connectivity index (χ0v) is 27.0. The summed E-state index contributed by atoms with van der Waals surface area (Å²) in [7, 11) is -6.14. The molecular formula is C28H62ClO4P2+. The van der Waals surface area contributed by atoms with E-state index in [1.807, 2.05) is 0 Å². The van der Waals surface area contributed by atoms with Gasteiger partial charge in [-0.05, 0) is 64.2 Å². The zero-order chi connectivity index (χ0) is 27.1. The lowest BCUT2D eigenvalue weighted by Gasteiger charge is -2.27. The molecule has 0 aromatic heterocycles. The summed E-state index contributed by atoms with van der Waals surface area (Å²) in [5.74, 6) is 0. The van der Waals surface area contributed by atoms with Gasteiger partial charge in [0, 0.05) is 14.5 Å². The molecule has 0 aromatic rings. The van der Waals surface area contributed by atoms with Gasteiger partial charge in [0.05, 0.1) is 49.3 Å². The summed E-state index contributed by atoms with van der Waals surface area (Å²) < 4.78 is 34.0. The monoisotopic (exact) mass is 559 g/mol. The van der Waals surface area contributed by atoms with Gasteiger partial charge in [-0.1, -0.05) is 67.2 Å². The fourth-order valence-corrected chi connectivity index (χ4v) is 16.3. The van der Waals surface area contributed by atoms with Crippen LogP contribution < -0.4 is 18.6 Å². The van der Waals surface area contributed by atoms with Gasteiger partial charge in [-0.15, -0.1) is 10.2 Å². The van der Waals surface area contributed by atoms with Gasteiger partial charge < -0.3 is 0 Å². The molecule has 0 saturated heterocycles. The van der Waals surface area contributed by atoms with Crippen molar-refractivity contribution in [3.8, 4) is 0 Å². The Bertz CT molecular complexity index is 373. The average molecular weight is 560 g/mol. The van der Waals surface area contributed by atoms with E-state index in [9.17, 15) is 0 Å². The highest BCUT2D eigenvalue weighted by Gasteiger charge is 2.34. The lowest BCUT2D eigenvalue weighted by atomic mass is 10.1. The van der Waals surface area contributed by atoms with Crippen LogP contribution in [0.2, 0.25) is 0 Å². The van der Waals surface area contributed by atoms with E-state index >= 15 is 0 Å². The normalized spacial score (nSPS) is 12.5. The first-order valence-electron chi connectivity index (χ1n) is 14.9. The third-order valence-electron chi connectivity index (χ3n) is 7.20.